The summed E-state index contributed by atoms with van der Waals surface area (Å²) in [5.41, 5.74) is -0.312. The summed E-state index contributed by atoms with van der Waals surface area (Å²) in [6, 6.07) is 10.8. The van der Waals surface area contributed by atoms with E-state index in [1.165, 1.54) is 32.3 Å². The van der Waals surface area contributed by atoms with E-state index < -0.39 is 5.67 Å². The Balaban J connectivity index is 1.71. The van der Waals surface area contributed by atoms with Crippen LogP contribution in [0.25, 0.3) is 0 Å². The highest BCUT2D eigenvalue weighted by Crippen LogP contribution is 2.36. The lowest BCUT2D eigenvalue weighted by Gasteiger charge is -2.20. The minimum atomic E-state index is -1.66. The second-order valence-corrected chi connectivity index (χ2v) is 8.43. The van der Waals surface area contributed by atoms with Crippen LogP contribution in [0.4, 0.5) is 16.3 Å². The number of hydrogen-bond donors (Lipinski definition) is 1. The zero-order valence-corrected chi connectivity index (χ0v) is 17.8. The maximum atomic E-state index is 14.5. The van der Waals surface area contributed by atoms with Gasteiger partial charge in [0.2, 0.25) is 5.95 Å². The van der Waals surface area contributed by atoms with Gasteiger partial charge < -0.3 is 10.2 Å². The van der Waals surface area contributed by atoms with Crippen LogP contribution in [0, 0.1) is 5.92 Å². The average molecular weight is 399 g/mol. The van der Waals surface area contributed by atoms with Crippen molar-refractivity contribution < 1.29 is 4.39 Å². The van der Waals surface area contributed by atoms with Gasteiger partial charge in [-0.25, -0.2) is 9.38 Å². The Bertz CT molecular complexity index is 812. The van der Waals surface area contributed by atoms with Crippen molar-refractivity contribution in [3.63, 3.8) is 0 Å². The molecule has 0 radical (unpaired) electrons. The molecule has 0 bridgehead atoms. The number of aromatic nitrogens is 3. The minimum Gasteiger partial charge on any atom is -0.369 e. The molecule has 3 rings (SSSR count). The van der Waals surface area contributed by atoms with Crippen molar-refractivity contribution in [2.24, 2.45) is 10.9 Å². The molecule has 0 saturated heterocycles. The molecule has 6 nitrogen and oxygen atoms in total. The maximum Gasteiger partial charge on any atom is 0.255 e. The molecule has 1 aliphatic rings. The Morgan fingerprint density at radius 2 is 1.93 bits per heavy atom. The molecule has 1 atom stereocenters. The normalized spacial score (nSPS) is 15.5. The van der Waals surface area contributed by atoms with Crippen LogP contribution in [0.3, 0.4) is 0 Å². The number of hydrogen-bond acceptors (Lipinski definition) is 5. The summed E-state index contributed by atoms with van der Waals surface area (Å²) < 4.78 is 14.5. The van der Waals surface area contributed by atoms with Gasteiger partial charge in [0, 0.05) is 20.1 Å². The highest BCUT2D eigenvalue weighted by Gasteiger charge is 2.32. The smallest absolute Gasteiger partial charge is 0.255 e. The van der Waals surface area contributed by atoms with Gasteiger partial charge in [-0.1, -0.05) is 30.3 Å². The quantitative estimate of drug-likeness (QED) is 0.471. The Labute approximate surface area is 172 Å². The zero-order chi connectivity index (χ0) is 20.9. The van der Waals surface area contributed by atoms with E-state index in [2.05, 4.69) is 49.5 Å². The van der Waals surface area contributed by atoms with Crippen LogP contribution in [0.1, 0.15) is 50.9 Å². The van der Waals surface area contributed by atoms with Gasteiger partial charge >= 0.3 is 0 Å². The predicted octanol–water partition coefficient (Wildman–Crippen LogP) is 4.51. The number of anilines is 1. The standard InChI is InChI=1S/C22H31FN6/c1-22(2,23)19-26-20(24-15-29(3)4)28-21(27-19)25-18(17-13-14-17)12-8-11-16-9-6-5-7-10-16/h5-7,9-10,15,17-18H,8,11-14H2,1-4H3,(H,25,26,27,28). The highest BCUT2D eigenvalue weighted by molar-refractivity contribution is 5.58. The third-order valence-electron chi connectivity index (χ3n) is 4.89. The van der Waals surface area contributed by atoms with Crippen molar-refractivity contribution in [3.8, 4) is 0 Å². The molecular formula is C22H31FN6. The molecule has 1 aliphatic carbocycles. The molecule has 29 heavy (non-hydrogen) atoms. The molecular weight excluding hydrogens is 367 g/mol. The monoisotopic (exact) mass is 398 g/mol. The van der Waals surface area contributed by atoms with Crippen molar-refractivity contribution in [1.29, 1.82) is 0 Å². The number of benzene rings is 1. The van der Waals surface area contributed by atoms with Crippen LogP contribution in [0.2, 0.25) is 0 Å². The van der Waals surface area contributed by atoms with Gasteiger partial charge in [0.05, 0.1) is 6.34 Å². The Morgan fingerprint density at radius 1 is 1.21 bits per heavy atom. The molecule has 1 saturated carbocycles. The largest absolute Gasteiger partial charge is 0.369 e. The van der Waals surface area contributed by atoms with E-state index in [-0.39, 0.29) is 17.8 Å². The molecule has 0 aliphatic heterocycles. The SMILES string of the molecule is CN(C)C=Nc1nc(NC(CCCc2ccccc2)C2CC2)nc(C(C)(C)F)n1. The lowest BCUT2D eigenvalue weighted by atomic mass is 10.0. The first kappa shape index (κ1) is 21.1. The summed E-state index contributed by atoms with van der Waals surface area (Å²) in [5.74, 6) is 1.34. The molecule has 1 aromatic heterocycles. The second kappa shape index (κ2) is 9.29. The average Bonchev–Trinajstić information content (AvgIpc) is 3.51. The minimum absolute atomic E-state index is 0.0970. The third kappa shape index (κ3) is 6.76. The van der Waals surface area contributed by atoms with Crippen molar-refractivity contribution in [1.82, 2.24) is 19.9 Å². The van der Waals surface area contributed by atoms with Gasteiger partial charge in [0.25, 0.3) is 5.95 Å². The summed E-state index contributed by atoms with van der Waals surface area (Å²) in [7, 11) is 3.72. The van der Waals surface area contributed by atoms with Crippen LogP contribution in [-0.4, -0.2) is 46.3 Å². The van der Waals surface area contributed by atoms with Crippen LogP contribution in [-0.2, 0) is 12.1 Å². The van der Waals surface area contributed by atoms with E-state index in [1.807, 2.05) is 20.2 Å². The van der Waals surface area contributed by atoms with Crippen LogP contribution >= 0.6 is 0 Å². The maximum absolute atomic E-state index is 14.5. The number of nitrogens with zero attached hydrogens (tertiary/aromatic N) is 5. The molecule has 1 fully saturated rings. The molecule has 2 aromatic rings. The summed E-state index contributed by atoms with van der Waals surface area (Å²) in [6.07, 6.45) is 7.17. The first-order chi connectivity index (χ1) is 13.8. The Morgan fingerprint density at radius 3 is 2.55 bits per heavy atom. The van der Waals surface area contributed by atoms with Crippen LogP contribution in [0.5, 0.6) is 0 Å². The van der Waals surface area contributed by atoms with Gasteiger partial charge in [0.15, 0.2) is 11.5 Å². The Kier molecular flexibility index (Phi) is 6.77. The number of alkyl halides is 1. The lowest BCUT2D eigenvalue weighted by molar-refractivity contribution is 0.206. The first-order valence-electron chi connectivity index (χ1n) is 10.3. The van der Waals surface area contributed by atoms with Gasteiger partial charge in [-0.05, 0) is 57.4 Å². The molecule has 1 heterocycles. The molecule has 156 valence electrons. The number of halogens is 1. The number of aliphatic imine (C=N–C) groups is 1. The fraction of sp³-hybridized carbons (Fsp3) is 0.545. The molecule has 0 spiro atoms. The van der Waals surface area contributed by atoms with Gasteiger partial charge in [0.1, 0.15) is 0 Å². The Hall–Kier alpha value is -2.57. The number of nitrogens with one attached hydrogen (secondary N) is 1. The van der Waals surface area contributed by atoms with Gasteiger partial charge in [-0.2, -0.15) is 15.0 Å². The van der Waals surface area contributed by atoms with E-state index in [4.69, 9.17) is 0 Å². The van der Waals surface area contributed by atoms with Crippen molar-refractivity contribution >= 4 is 18.2 Å². The summed E-state index contributed by atoms with van der Waals surface area (Å²) in [4.78, 5) is 19.0. The third-order valence-corrected chi connectivity index (χ3v) is 4.89. The fourth-order valence-electron chi connectivity index (χ4n) is 3.18. The lowest BCUT2D eigenvalue weighted by Crippen LogP contribution is -2.25. The van der Waals surface area contributed by atoms with Crippen LogP contribution in [0.15, 0.2) is 35.3 Å². The molecule has 7 heteroatoms. The molecule has 1 aromatic carbocycles. The topological polar surface area (TPSA) is 66.3 Å². The van der Waals surface area contributed by atoms with Crippen molar-refractivity contribution in [3.05, 3.63) is 41.7 Å². The summed E-state index contributed by atoms with van der Waals surface area (Å²) >= 11 is 0. The van der Waals surface area contributed by atoms with E-state index in [1.54, 1.807) is 11.2 Å². The van der Waals surface area contributed by atoms with E-state index in [9.17, 15) is 4.39 Å². The van der Waals surface area contributed by atoms with Gasteiger partial charge in [-0.3, -0.25) is 0 Å². The van der Waals surface area contributed by atoms with E-state index in [0.717, 1.165) is 19.3 Å². The summed E-state index contributed by atoms with van der Waals surface area (Å²) in [6.45, 7) is 2.90. The van der Waals surface area contributed by atoms with E-state index in [0.29, 0.717) is 11.9 Å². The zero-order valence-electron chi connectivity index (χ0n) is 17.8. The van der Waals surface area contributed by atoms with Crippen molar-refractivity contribution in [2.75, 3.05) is 19.4 Å². The fourth-order valence-corrected chi connectivity index (χ4v) is 3.18. The number of aryl methyl sites for hydroxylation is 1. The van der Waals surface area contributed by atoms with Gasteiger partial charge in [-0.15, -0.1) is 0 Å². The predicted molar refractivity (Wildman–Crippen MR) is 115 cm³/mol. The van der Waals surface area contributed by atoms with E-state index >= 15 is 0 Å². The van der Waals surface area contributed by atoms with Crippen LogP contribution < -0.4 is 5.32 Å². The number of rotatable bonds is 10. The second-order valence-electron chi connectivity index (χ2n) is 8.43. The molecule has 0 amide bonds. The van der Waals surface area contributed by atoms with Crippen molar-refractivity contribution in [2.45, 2.75) is 57.7 Å². The molecule has 1 N–H and O–H groups in total. The first-order valence-corrected chi connectivity index (χ1v) is 10.3. The highest BCUT2D eigenvalue weighted by atomic mass is 19.1. The summed E-state index contributed by atoms with van der Waals surface area (Å²) in [5, 5.41) is 3.45. The molecule has 1 unspecified atom stereocenters.